The lowest BCUT2D eigenvalue weighted by atomic mass is 9.44. The monoisotopic (exact) mass is 456 g/mol. The molecule has 6 aliphatic carbocycles. The molecule has 3 nitrogen and oxygen atoms in total. The number of carbonyl (C=O) groups excluding carboxylic acids is 2. The SMILES string of the molecule is CC(=O)c1cccc2c1C1(O)c3ccccc3C2(C(C)=O)C2c3ccccc3C1c1ccccc12. The summed E-state index contributed by atoms with van der Waals surface area (Å²) in [7, 11) is 0. The fraction of sp³-hybridized carbons (Fsp3) is 0.188. The Bertz CT molecular complexity index is 1550. The molecule has 6 aliphatic rings. The van der Waals surface area contributed by atoms with Gasteiger partial charge in [0.05, 0.1) is 5.41 Å². The number of carbonyl (C=O) groups is 2. The van der Waals surface area contributed by atoms with E-state index in [1.54, 1.807) is 13.0 Å². The molecule has 2 unspecified atom stereocenters. The molecular weight excluding hydrogens is 432 g/mol. The summed E-state index contributed by atoms with van der Waals surface area (Å²) < 4.78 is 0. The molecule has 0 radical (unpaired) electrons. The number of hydrogen-bond donors (Lipinski definition) is 1. The van der Waals surface area contributed by atoms with Crippen LogP contribution in [0, 0.1) is 0 Å². The molecule has 4 aromatic rings. The van der Waals surface area contributed by atoms with Gasteiger partial charge in [0.1, 0.15) is 11.4 Å². The second kappa shape index (κ2) is 6.65. The Morgan fingerprint density at radius 1 is 0.629 bits per heavy atom. The molecule has 0 aromatic heterocycles. The van der Waals surface area contributed by atoms with Crippen molar-refractivity contribution < 1.29 is 14.7 Å². The molecule has 3 heteroatoms. The van der Waals surface area contributed by atoms with Crippen molar-refractivity contribution in [2.24, 2.45) is 0 Å². The third-order valence-corrected chi connectivity index (χ3v) is 8.65. The summed E-state index contributed by atoms with van der Waals surface area (Å²) in [5.41, 5.74) is 4.93. The highest BCUT2D eigenvalue weighted by atomic mass is 16.3. The molecule has 1 N–H and O–H groups in total. The number of Topliss-reactive ketones (excluding diaryl/α,β-unsaturated/α-hetero) is 2. The van der Waals surface area contributed by atoms with Gasteiger partial charge in [-0.05, 0) is 52.8 Å². The zero-order valence-electron chi connectivity index (χ0n) is 19.6. The highest BCUT2D eigenvalue weighted by Crippen LogP contribution is 2.68. The van der Waals surface area contributed by atoms with Crippen LogP contribution in [0.15, 0.2) is 91.0 Å². The second-order valence-corrected chi connectivity index (χ2v) is 10.1. The average molecular weight is 457 g/mol. The lowest BCUT2D eigenvalue weighted by molar-refractivity contribution is -0.122. The van der Waals surface area contributed by atoms with Crippen molar-refractivity contribution in [3.63, 3.8) is 0 Å². The fourth-order valence-corrected chi connectivity index (χ4v) is 7.54. The van der Waals surface area contributed by atoms with Crippen LogP contribution < -0.4 is 0 Å². The van der Waals surface area contributed by atoms with Crippen molar-refractivity contribution in [1.82, 2.24) is 0 Å². The van der Waals surface area contributed by atoms with Gasteiger partial charge in [0, 0.05) is 23.0 Å². The van der Waals surface area contributed by atoms with Crippen LogP contribution >= 0.6 is 0 Å². The highest BCUT2D eigenvalue weighted by molar-refractivity contribution is 6.02. The molecule has 0 saturated carbocycles. The van der Waals surface area contributed by atoms with Crippen LogP contribution in [0.25, 0.3) is 0 Å². The Labute approximate surface area is 204 Å². The van der Waals surface area contributed by atoms with Crippen molar-refractivity contribution in [2.75, 3.05) is 0 Å². The van der Waals surface area contributed by atoms with E-state index in [4.69, 9.17) is 0 Å². The largest absolute Gasteiger partial charge is 0.379 e. The summed E-state index contributed by atoms with van der Waals surface area (Å²) in [5, 5.41) is 13.2. The molecule has 0 saturated heterocycles. The minimum atomic E-state index is -1.52. The number of hydrogen-bond acceptors (Lipinski definition) is 3. The van der Waals surface area contributed by atoms with Crippen molar-refractivity contribution in [1.29, 1.82) is 0 Å². The van der Waals surface area contributed by atoms with Crippen molar-refractivity contribution in [2.45, 2.75) is 36.7 Å². The van der Waals surface area contributed by atoms with E-state index in [0.29, 0.717) is 11.1 Å². The maximum Gasteiger partial charge on any atom is 0.160 e. The number of benzene rings is 4. The van der Waals surface area contributed by atoms with Crippen molar-refractivity contribution in [3.05, 3.63) is 141 Å². The van der Waals surface area contributed by atoms with Gasteiger partial charge in [-0.3, -0.25) is 9.59 Å². The third kappa shape index (κ3) is 2.17. The Balaban J connectivity index is 1.82. The van der Waals surface area contributed by atoms with E-state index in [1.807, 2.05) is 60.7 Å². The van der Waals surface area contributed by atoms with E-state index in [-0.39, 0.29) is 17.5 Å². The molecule has 0 heterocycles. The molecule has 2 atom stereocenters. The predicted octanol–water partition coefficient (Wildman–Crippen LogP) is 5.60. The van der Waals surface area contributed by atoms with Gasteiger partial charge in [-0.1, -0.05) is 91.0 Å². The summed E-state index contributed by atoms with van der Waals surface area (Å²) >= 11 is 0. The molecular formula is C32H24O3. The average Bonchev–Trinajstić information content (AvgIpc) is 2.86. The summed E-state index contributed by atoms with van der Waals surface area (Å²) in [5.74, 6) is -0.813. The minimum absolute atomic E-state index is 0.00362. The van der Waals surface area contributed by atoms with E-state index in [0.717, 1.165) is 38.9 Å². The van der Waals surface area contributed by atoms with Gasteiger partial charge in [0.15, 0.2) is 5.78 Å². The van der Waals surface area contributed by atoms with E-state index < -0.39 is 16.9 Å². The first-order valence-corrected chi connectivity index (χ1v) is 12.1. The van der Waals surface area contributed by atoms with Gasteiger partial charge in [0.25, 0.3) is 0 Å². The first-order valence-electron chi connectivity index (χ1n) is 12.1. The lowest BCUT2D eigenvalue weighted by Crippen LogP contribution is -2.57. The zero-order valence-corrected chi connectivity index (χ0v) is 19.6. The second-order valence-electron chi connectivity index (χ2n) is 10.1. The molecule has 4 aromatic carbocycles. The van der Waals surface area contributed by atoms with Gasteiger partial charge in [0.2, 0.25) is 0 Å². The van der Waals surface area contributed by atoms with E-state index in [2.05, 4.69) is 24.3 Å². The van der Waals surface area contributed by atoms with Crippen LogP contribution in [-0.2, 0) is 15.8 Å². The smallest absolute Gasteiger partial charge is 0.160 e. The first kappa shape index (κ1) is 20.5. The molecule has 170 valence electrons. The summed E-state index contributed by atoms with van der Waals surface area (Å²) in [6, 6.07) is 29.8. The number of ketones is 2. The van der Waals surface area contributed by atoms with E-state index in [1.165, 1.54) is 6.92 Å². The van der Waals surface area contributed by atoms with Crippen molar-refractivity contribution in [3.8, 4) is 0 Å². The topological polar surface area (TPSA) is 54.4 Å². The number of aliphatic hydroxyl groups is 1. The van der Waals surface area contributed by atoms with Crippen molar-refractivity contribution >= 4 is 11.6 Å². The Hall–Kier alpha value is -3.82. The fourth-order valence-electron chi connectivity index (χ4n) is 7.54. The molecule has 0 aliphatic heterocycles. The van der Waals surface area contributed by atoms with Gasteiger partial charge in [-0.25, -0.2) is 0 Å². The summed E-state index contributed by atoms with van der Waals surface area (Å²) in [6.07, 6.45) is 0. The van der Waals surface area contributed by atoms with Gasteiger partial charge in [-0.2, -0.15) is 0 Å². The van der Waals surface area contributed by atoms with Crippen LogP contribution in [0.4, 0.5) is 0 Å². The molecule has 0 amide bonds. The van der Waals surface area contributed by atoms with E-state index in [9.17, 15) is 14.7 Å². The Kier molecular flexibility index (Phi) is 3.90. The van der Waals surface area contributed by atoms with Crippen LogP contribution in [0.2, 0.25) is 0 Å². The zero-order chi connectivity index (χ0) is 24.1. The first-order chi connectivity index (χ1) is 16.9. The maximum absolute atomic E-state index is 14.2. The van der Waals surface area contributed by atoms with Crippen LogP contribution in [0.3, 0.4) is 0 Å². The quantitative estimate of drug-likeness (QED) is 0.399. The van der Waals surface area contributed by atoms with Crippen LogP contribution in [0.1, 0.15) is 80.5 Å². The van der Waals surface area contributed by atoms with Crippen LogP contribution in [0.5, 0.6) is 0 Å². The minimum Gasteiger partial charge on any atom is -0.379 e. The molecule has 4 bridgehead atoms. The standard InChI is InChI=1S/C32H24O3/c1-18(33)20-14-9-17-27-30(20)32(35)26-16-8-7-15-25(26)31(27,19(2)34)28-21-10-3-5-12-23(21)29(32)24-13-6-4-11-22(24)28/h3-17,28-29,35H,1-2H3. The number of rotatable bonds is 2. The molecule has 35 heavy (non-hydrogen) atoms. The molecule has 0 fully saturated rings. The Morgan fingerprint density at radius 2 is 1.11 bits per heavy atom. The normalized spacial score (nSPS) is 26.6. The highest BCUT2D eigenvalue weighted by Gasteiger charge is 2.65. The van der Waals surface area contributed by atoms with E-state index >= 15 is 0 Å². The lowest BCUT2D eigenvalue weighted by Gasteiger charge is -2.58. The van der Waals surface area contributed by atoms with Crippen LogP contribution in [-0.4, -0.2) is 16.7 Å². The third-order valence-electron chi connectivity index (χ3n) is 8.65. The molecule has 10 rings (SSSR count). The summed E-state index contributed by atoms with van der Waals surface area (Å²) in [6.45, 7) is 3.20. The Morgan fingerprint density at radius 3 is 1.66 bits per heavy atom. The van der Waals surface area contributed by atoms with Gasteiger partial charge < -0.3 is 5.11 Å². The molecule has 0 spiro atoms. The predicted molar refractivity (Wildman–Crippen MR) is 134 cm³/mol. The van der Waals surface area contributed by atoms with Gasteiger partial charge in [-0.15, -0.1) is 0 Å². The summed E-state index contributed by atoms with van der Waals surface area (Å²) in [4.78, 5) is 27.2. The maximum atomic E-state index is 14.2. The van der Waals surface area contributed by atoms with Gasteiger partial charge >= 0.3 is 0 Å².